The molecule has 1 saturated heterocycles. The maximum Gasteiger partial charge on any atom is 0.416 e. The molecule has 2 aromatic rings. The van der Waals surface area contributed by atoms with Crippen LogP contribution in [0.1, 0.15) is 43.7 Å². The first-order chi connectivity index (χ1) is 18.5. The summed E-state index contributed by atoms with van der Waals surface area (Å²) >= 11 is 0. The third-order valence-electron chi connectivity index (χ3n) is 6.85. The van der Waals surface area contributed by atoms with Crippen LogP contribution in [0.25, 0.3) is 0 Å². The SMILES string of the molecule is C=C(/C=C\C(=C/C)CCOc1ccc(C(C)CC(=O)O)cc1)CN1CCN(c2ccc(C(F)(F)F)cc2)CC1. The number of hydrogen-bond donors (Lipinski definition) is 1. The summed E-state index contributed by atoms with van der Waals surface area (Å²) in [4.78, 5) is 15.3. The smallest absolute Gasteiger partial charge is 0.416 e. The van der Waals surface area contributed by atoms with Crippen molar-refractivity contribution < 1.29 is 27.8 Å². The molecule has 1 aliphatic heterocycles. The molecule has 0 bridgehead atoms. The molecule has 0 aliphatic carbocycles. The number of benzene rings is 2. The number of ether oxygens (including phenoxy) is 1. The van der Waals surface area contributed by atoms with Gasteiger partial charge in [0.05, 0.1) is 18.6 Å². The molecule has 8 heteroatoms. The Bertz CT molecular complexity index is 1150. The van der Waals surface area contributed by atoms with E-state index in [1.807, 2.05) is 50.3 Å². The molecule has 0 aromatic heterocycles. The van der Waals surface area contributed by atoms with E-state index in [1.165, 1.54) is 0 Å². The van der Waals surface area contributed by atoms with E-state index in [-0.39, 0.29) is 12.3 Å². The van der Waals surface area contributed by atoms with Crippen LogP contribution in [-0.2, 0) is 11.0 Å². The van der Waals surface area contributed by atoms with Crippen molar-refractivity contribution in [3.63, 3.8) is 0 Å². The Morgan fingerprint density at radius 1 is 1.05 bits per heavy atom. The third kappa shape index (κ3) is 9.62. The van der Waals surface area contributed by atoms with E-state index < -0.39 is 17.7 Å². The van der Waals surface area contributed by atoms with Gasteiger partial charge in [-0.25, -0.2) is 0 Å². The molecule has 210 valence electrons. The largest absolute Gasteiger partial charge is 0.493 e. The Hall–Kier alpha value is -3.52. The number of allylic oxidation sites excluding steroid dienone is 2. The maximum absolute atomic E-state index is 12.8. The maximum atomic E-state index is 12.8. The number of carboxylic acids is 1. The van der Waals surface area contributed by atoms with Gasteiger partial charge in [-0.2, -0.15) is 13.2 Å². The van der Waals surface area contributed by atoms with Crippen LogP contribution in [0.4, 0.5) is 18.9 Å². The lowest BCUT2D eigenvalue weighted by atomic mass is 9.98. The average molecular weight is 543 g/mol. The number of aliphatic carboxylic acids is 1. The van der Waals surface area contributed by atoms with Crippen molar-refractivity contribution in [1.29, 1.82) is 0 Å². The molecule has 3 rings (SSSR count). The predicted octanol–water partition coefficient (Wildman–Crippen LogP) is 6.93. The highest BCUT2D eigenvalue weighted by molar-refractivity contribution is 5.68. The fourth-order valence-electron chi connectivity index (χ4n) is 4.47. The quantitative estimate of drug-likeness (QED) is 0.295. The summed E-state index contributed by atoms with van der Waals surface area (Å²) in [6.07, 6.45) is 2.65. The molecule has 5 nitrogen and oxygen atoms in total. The number of rotatable bonds is 12. The molecule has 0 spiro atoms. The molecule has 1 heterocycles. The second-order valence-corrected chi connectivity index (χ2v) is 9.83. The Kier molecular flexibility index (Phi) is 10.8. The lowest BCUT2D eigenvalue weighted by Gasteiger charge is -2.36. The summed E-state index contributed by atoms with van der Waals surface area (Å²) < 4.78 is 44.3. The number of carboxylic acid groups (broad SMARTS) is 1. The van der Waals surface area contributed by atoms with Crippen LogP contribution >= 0.6 is 0 Å². The average Bonchev–Trinajstić information content (AvgIpc) is 2.90. The molecule has 0 amide bonds. The number of halogens is 3. The van der Waals surface area contributed by atoms with Gasteiger partial charge in [-0.15, -0.1) is 0 Å². The molecule has 1 atom stereocenters. The van der Waals surface area contributed by atoms with Crippen LogP contribution in [0.5, 0.6) is 5.75 Å². The Morgan fingerprint density at radius 3 is 2.26 bits per heavy atom. The Balaban J connectivity index is 1.39. The van der Waals surface area contributed by atoms with Gasteiger partial charge in [0.15, 0.2) is 0 Å². The number of nitrogens with zero attached hydrogens (tertiary/aromatic N) is 2. The summed E-state index contributed by atoms with van der Waals surface area (Å²) in [5.74, 6) is -0.107. The lowest BCUT2D eigenvalue weighted by Crippen LogP contribution is -2.46. The summed E-state index contributed by atoms with van der Waals surface area (Å²) in [6.45, 7) is 12.4. The van der Waals surface area contributed by atoms with Gasteiger partial charge < -0.3 is 14.7 Å². The van der Waals surface area contributed by atoms with E-state index in [4.69, 9.17) is 9.84 Å². The minimum absolute atomic E-state index is 0.0488. The normalized spacial score (nSPS) is 15.9. The Labute approximate surface area is 228 Å². The first kappa shape index (κ1) is 30.0. The summed E-state index contributed by atoms with van der Waals surface area (Å²) in [5.41, 5.74) is 3.28. The molecule has 0 saturated carbocycles. The van der Waals surface area contributed by atoms with Crippen molar-refractivity contribution in [1.82, 2.24) is 4.90 Å². The Morgan fingerprint density at radius 2 is 1.69 bits per heavy atom. The molecule has 1 fully saturated rings. The lowest BCUT2D eigenvalue weighted by molar-refractivity contribution is -0.138. The second-order valence-electron chi connectivity index (χ2n) is 9.83. The van der Waals surface area contributed by atoms with Crippen LogP contribution in [0.15, 0.2) is 84.5 Å². The van der Waals surface area contributed by atoms with E-state index in [2.05, 4.69) is 22.5 Å². The summed E-state index contributed by atoms with van der Waals surface area (Å²) in [7, 11) is 0. The van der Waals surface area contributed by atoms with Crippen LogP contribution in [0, 0.1) is 0 Å². The van der Waals surface area contributed by atoms with Crippen molar-refractivity contribution in [3.05, 3.63) is 95.6 Å². The minimum atomic E-state index is -4.32. The number of anilines is 1. The number of alkyl halides is 3. The van der Waals surface area contributed by atoms with Crippen LogP contribution in [-0.4, -0.2) is 55.3 Å². The van der Waals surface area contributed by atoms with E-state index in [9.17, 15) is 18.0 Å². The molecule has 1 aliphatic rings. The third-order valence-corrected chi connectivity index (χ3v) is 6.85. The van der Waals surface area contributed by atoms with Crippen molar-refractivity contribution in [3.8, 4) is 5.75 Å². The van der Waals surface area contributed by atoms with Gasteiger partial charge in [0, 0.05) is 44.8 Å². The van der Waals surface area contributed by atoms with Gasteiger partial charge >= 0.3 is 12.1 Å². The molecule has 0 radical (unpaired) electrons. The molecular weight excluding hydrogens is 505 g/mol. The number of hydrogen-bond acceptors (Lipinski definition) is 4. The van der Waals surface area contributed by atoms with Gasteiger partial charge in [-0.3, -0.25) is 9.69 Å². The highest BCUT2D eigenvalue weighted by Gasteiger charge is 2.30. The predicted molar refractivity (Wildman–Crippen MR) is 149 cm³/mol. The first-order valence-corrected chi connectivity index (χ1v) is 13.2. The van der Waals surface area contributed by atoms with E-state index in [0.717, 1.165) is 79.4 Å². The summed E-state index contributed by atoms with van der Waals surface area (Å²) in [6, 6.07) is 12.9. The van der Waals surface area contributed by atoms with Gasteiger partial charge in [0.25, 0.3) is 0 Å². The van der Waals surface area contributed by atoms with Gasteiger partial charge in [-0.05, 0) is 65.9 Å². The molecule has 39 heavy (non-hydrogen) atoms. The second kappa shape index (κ2) is 14.0. The zero-order valence-electron chi connectivity index (χ0n) is 22.6. The monoisotopic (exact) mass is 542 g/mol. The van der Waals surface area contributed by atoms with Gasteiger partial charge in [0.2, 0.25) is 0 Å². The van der Waals surface area contributed by atoms with Crippen molar-refractivity contribution in [2.45, 2.75) is 38.8 Å². The van der Waals surface area contributed by atoms with E-state index in [1.54, 1.807) is 12.1 Å². The fraction of sp³-hybridized carbons (Fsp3) is 0.387. The van der Waals surface area contributed by atoms with Crippen LogP contribution in [0.2, 0.25) is 0 Å². The van der Waals surface area contributed by atoms with E-state index >= 15 is 0 Å². The van der Waals surface area contributed by atoms with Crippen LogP contribution in [0.3, 0.4) is 0 Å². The fourth-order valence-corrected chi connectivity index (χ4v) is 4.47. The summed E-state index contributed by atoms with van der Waals surface area (Å²) in [5, 5.41) is 8.95. The number of piperazine rings is 1. The zero-order chi connectivity index (χ0) is 28.4. The topological polar surface area (TPSA) is 53.0 Å². The van der Waals surface area contributed by atoms with E-state index in [0.29, 0.717) is 6.61 Å². The molecule has 2 aromatic carbocycles. The van der Waals surface area contributed by atoms with Crippen molar-refractivity contribution in [2.75, 3.05) is 44.2 Å². The first-order valence-electron chi connectivity index (χ1n) is 13.2. The highest BCUT2D eigenvalue weighted by atomic mass is 19.4. The van der Waals surface area contributed by atoms with Crippen LogP contribution < -0.4 is 9.64 Å². The number of carbonyl (C=O) groups is 1. The highest BCUT2D eigenvalue weighted by Crippen LogP contribution is 2.30. The van der Waals surface area contributed by atoms with Crippen molar-refractivity contribution >= 4 is 11.7 Å². The van der Waals surface area contributed by atoms with Crippen molar-refractivity contribution in [2.24, 2.45) is 0 Å². The molecule has 1 unspecified atom stereocenters. The van der Waals surface area contributed by atoms with Gasteiger partial charge in [-0.1, -0.05) is 43.9 Å². The molecular formula is C31H37F3N2O3. The zero-order valence-corrected chi connectivity index (χ0v) is 22.6. The standard InChI is InChI=1S/C31H37F3N2O3/c1-4-25(15-20-39-29-13-7-26(8-14-29)24(3)21-30(37)38)6-5-23(2)22-35-16-18-36(19-17-35)28-11-9-27(10-12-28)31(32,33)34/h4-14,24H,2,15-22H2,1,3H3,(H,37,38)/b6-5-,25-4+. The molecule has 1 N–H and O–H groups in total. The van der Waals surface area contributed by atoms with Gasteiger partial charge in [0.1, 0.15) is 5.75 Å². The minimum Gasteiger partial charge on any atom is -0.493 e.